The number of halogens is 2. The van der Waals surface area contributed by atoms with Crippen LogP contribution in [0, 0.1) is 5.82 Å². The second-order valence-corrected chi connectivity index (χ2v) is 6.05. The predicted molar refractivity (Wildman–Crippen MR) is 94.4 cm³/mol. The first-order chi connectivity index (χ1) is 12.0. The summed E-state index contributed by atoms with van der Waals surface area (Å²) in [4.78, 5) is 13.6. The topological polar surface area (TPSA) is 49.8 Å². The summed E-state index contributed by atoms with van der Waals surface area (Å²) in [5, 5.41) is 10.2. The third-order valence-corrected chi connectivity index (χ3v) is 4.53. The lowest BCUT2D eigenvalue weighted by Gasteiger charge is -2.31. The molecule has 3 rings (SSSR count). The molecule has 6 heteroatoms. The van der Waals surface area contributed by atoms with Gasteiger partial charge in [-0.25, -0.2) is 4.39 Å². The number of amides is 1. The van der Waals surface area contributed by atoms with Gasteiger partial charge in [-0.1, -0.05) is 11.6 Å². The van der Waals surface area contributed by atoms with Gasteiger partial charge in [0, 0.05) is 17.0 Å². The third-order valence-electron chi connectivity index (χ3n) is 4.20. The van der Waals surface area contributed by atoms with Crippen LogP contribution < -0.4 is 4.74 Å². The smallest absolute Gasteiger partial charge is 0.229 e. The molecule has 1 amide bonds. The summed E-state index contributed by atoms with van der Waals surface area (Å²) in [7, 11) is 1.56. The van der Waals surface area contributed by atoms with Gasteiger partial charge in [-0.05, 0) is 60.0 Å². The summed E-state index contributed by atoms with van der Waals surface area (Å²) in [5.74, 6) is 0.0744. The standard InChI is InChI=1S/C19H17ClFNO3/c1-25-14-6-8-17(20)16(10-14)15-7-9-18(24)22(11-23)19(15)12-2-4-13(21)5-3-12/h2-6,8,10,23H,7,9,11H2,1H3. The second kappa shape index (κ2) is 7.25. The predicted octanol–water partition coefficient (Wildman–Crippen LogP) is 3.93. The number of hydrogen-bond acceptors (Lipinski definition) is 3. The van der Waals surface area contributed by atoms with Crippen molar-refractivity contribution in [1.29, 1.82) is 0 Å². The average Bonchev–Trinajstić information content (AvgIpc) is 2.63. The first-order valence-corrected chi connectivity index (χ1v) is 8.17. The molecule has 0 bridgehead atoms. The molecule has 2 aromatic rings. The molecule has 0 fully saturated rings. The summed E-state index contributed by atoms with van der Waals surface area (Å²) in [6.07, 6.45) is 0.725. The van der Waals surface area contributed by atoms with Crippen LogP contribution in [0.5, 0.6) is 5.75 Å². The Balaban J connectivity index is 2.25. The minimum atomic E-state index is -0.462. The van der Waals surface area contributed by atoms with Gasteiger partial charge in [0.1, 0.15) is 18.3 Å². The van der Waals surface area contributed by atoms with Crippen molar-refractivity contribution in [3.8, 4) is 5.75 Å². The molecule has 1 heterocycles. The van der Waals surface area contributed by atoms with Crippen LogP contribution in [0.1, 0.15) is 24.0 Å². The van der Waals surface area contributed by atoms with E-state index < -0.39 is 6.73 Å². The summed E-state index contributed by atoms with van der Waals surface area (Å²) >= 11 is 6.38. The fourth-order valence-electron chi connectivity index (χ4n) is 2.99. The summed E-state index contributed by atoms with van der Waals surface area (Å²) in [5.41, 5.74) is 2.71. The monoisotopic (exact) mass is 361 g/mol. The van der Waals surface area contributed by atoms with Crippen LogP contribution in [0.25, 0.3) is 11.3 Å². The Kier molecular flexibility index (Phi) is 5.06. The third kappa shape index (κ3) is 3.38. The highest BCUT2D eigenvalue weighted by Crippen LogP contribution is 2.40. The Hall–Kier alpha value is -2.37. The van der Waals surface area contributed by atoms with E-state index in [1.54, 1.807) is 37.4 Å². The van der Waals surface area contributed by atoms with E-state index >= 15 is 0 Å². The number of aliphatic hydroxyl groups is 1. The Bertz CT molecular complexity index is 833. The molecule has 2 aromatic carbocycles. The molecule has 4 nitrogen and oxygen atoms in total. The largest absolute Gasteiger partial charge is 0.497 e. The zero-order valence-electron chi connectivity index (χ0n) is 13.6. The fourth-order valence-corrected chi connectivity index (χ4v) is 3.22. The molecule has 0 saturated carbocycles. The minimum absolute atomic E-state index is 0.190. The number of carbonyl (C=O) groups excluding carboxylic acids is 1. The van der Waals surface area contributed by atoms with Crippen molar-refractivity contribution in [3.05, 3.63) is 64.4 Å². The number of methoxy groups -OCH3 is 1. The molecule has 1 N–H and O–H groups in total. The van der Waals surface area contributed by atoms with Gasteiger partial charge >= 0.3 is 0 Å². The van der Waals surface area contributed by atoms with Crippen LogP contribution in [0.4, 0.5) is 4.39 Å². The van der Waals surface area contributed by atoms with Crippen LogP contribution >= 0.6 is 11.6 Å². The molecule has 0 unspecified atom stereocenters. The number of allylic oxidation sites excluding steroid dienone is 1. The number of nitrogens with zero attached hydrogens (tertiary/aromatic N) is 1. The molecular formula is C19H17ClFNO3. The molecule has 0 spiro atoms. The molecule has 25 heavy (non-hydrogen) atoms. The Morgan fingerprint density at radius 2 is 1.92 bits per heavy atom. The van der Waals surface area contributed by atoms with E-state index in [9.17, 15) is 14.3 Å². The maximum atomic E-state index is 13.3. The molecule has 1 aliphatic heterocycles. The number of rotatable bonds is 4. The van der Waals surface area contributed by atoms with E-state index in [0.29, 0.717) is 28.5 Å². The van der Waals surface area contributed by atoms with Gasteiger partial charge in [0.15, 0.2) is 0 Å². The van der Waals surface area contributed by atoms with Gasteiger partial charge in [-0.2, -0.15) is 0 Å². The highest BCUT2D eigenvalue weighted by atomic mass is 35.5. The van der Waals surface area contributed by atoms with Crippen LogP contribution in [-0.4, -0.2) is 29.8 Å². The van der Waals surface area contributed by atoms with Crippen molar-refractivity contribution in [1.82, 2.24) is 4.90 Å². The molecular weight excluding hydrogens is 345 g/mol. The van der Waals surface area contributed by atoms with E-state index in [-0.39, 0.29) is 18.1 Å². The number of aliphatic hydroxyl groups excluding tert-OH is 1. The van der Waals surface area contributed by atoms with Crippen LogP contribution in [-0.2, 0) is 4.79 Å². The lowest BCUT2D eigenvalue weighted by Crippen LogP contribution is -2.34. The van der Waals surface area contributed by atoms with Crippen molar-refractivity contribution in [2.75, 3.05) is 13.8 Å². The minimum Gasteiger partial charge on any atom is -0.497 e. The van der Waals surface area contributed by atoms with E-state index in [2.05, 4.69) is 0 Å². The van der Waals surface area contributed by atoms with Crippen LogP contribution in [0.3, 0.4) is 0 Å². The van der Waals surface area contributed by atoms with Crippen molar-refractivity contribution in [3.63, 3.8) is 0 Å². The Morgan fingerprint density at radius 3 is 2.56 bits per heavy atom. The molecule has 0 aliphatic carbocycles. The van der Waals surface area contributed by atoms with Gasteiger partial charge in [-0.15, -0.1) is 0 Å². The Morgan fingerprint density at radius 1 is 1.20 bits per heavy atom. The van der Waals surface area contributed by atoms with E-state index in [0.717, 1.165) is 11.1 Å². The molecule has 1 aliphatic rings. The SMILES string of the molecule is COc1ccc(Cl)c(C2=C(c3ccc(F)cc3)N(CO)C(=O)CC2)c1. The number of carbonyl (C=O) groups is 1. The van der Waals surface area contributed by atoms with E-state index in [1.165, 1.54) is 17.0 Å². The maximum Gasteiger partial charge on any atom is 0.229 e. The van der Waals surface area contributed by atoms with Gasteiger partial charge in [-0.3, -0.25) is 9.69 Å². The molecule has 0 saturated heterocycles. The van der Waals surface area contributed by atoms with Crippen molar-refractivity contribution in [2.45, 2.75) is 12.8 Å². The van der Waals surface area contributed by atoms with Crippen LogP contribution in [0.15, 0.2) is 42.5 Å². The first-order valence-electron chi connectivity index (χ1n) is 7.79. The molecule has 0 radical (unpaired) electrons. The molecule has 0 aromatic heterocycles. The molecule has 0 atom stereocenters. The zero-order valence-corrected chi connectivity index (χ0v) is 14.4. The Labute approximate surface area is 150 Å². The van der Waals surface area contributed by atoms with Gasteiger partial charge < -0.3 is 9.84 Å². The normalized spacial score (nSPS) is 14.9. The van der Waals surface area contributed by atoms with Crippen molar-refractivity contribution in [2.24, 2.45) is 0 Å². The number of hydrogen-bond donors (Lipinski definition) is 1. The van der Waals surface area contributed by atoms with Crippen LogP contribution in [0.2, 0.25) is 5.02 Å². The van der Waals surface area contributed by atoms with Gasteiger partial charge in [0.25, 0.3) is 0 Å². The lowest BCUT2D eigenvalue weighted by atomic mass is 9.91. The quantitative estimate of drug-likeness (QED) is 0.897. The molecule has 130 valence electrons. The van der Waals surface area contributed by atoms with Crippen molar-refractivity contribution < 1.29 is 19.0 Å². The fraction of sp³-hybridized carbons (Fsp3) is 0.211. The van der Waals surface area contributed by atoms with E-state index in [4.69, 9.17) is 16.3 Å². The van der Waals surface area contributed by atoms with E-state index in [1.807, 2.05) is 0 Å². The van der Waals surface area contributed by atoms with Gasteiger partial charge in [0.05, 0.1) is 12.8 Å². The summed E-state index contributed by atoms with van der Waals surface area (Å²) < 4.78 is 18.6. The lowest BCUT2D eigenvalue weighted by molar-refractivity contribution is -0.130. The maximum absolute atomic E-state index is 13.3. The number of ether oxygens (including phenoxy) is 1. The average molecular weight is 362 g/mol. The van der Waals surface area contributed by atoms with Crippen molar-refractivity contribution >= 4 is 28.8 Å². The second-order valence-electron chi connectivity index (χ2n) is 5.64. The summed E-state index contributed by atoms with van der Waals surface area (Å²) in [6.45, 7) is -0.462. The first kappa shape index (κ1) is 17.5. The number of benzene rings is 2. The zero-order chi connectivity index (χ0) is 18.0. The van der Waals surface area contributed by atoms with Gasteiger partial charge in [0.2, 0.25) is 5.91 Å². The highest BCUT2D eigenvalue weighted by molar-refractivity contribution is 6.32. The summed E-state index contributed by atoms with van der Waals surface area (Å²) in [6, 6.07) is 11.1. The highest BCUT2D eigenvalue weighted by Gasteiger charge is 2.29.